The number of nitrogens with zero attached hydrogens (tertiary/aromatic N) is 3. The number of sulfonamides is 1. The number of halogens is 2. The molecule has 12 heteroatoms. The maximum Gasteiger partial charge on any atom is 0.341 e. The van der Waals surface area contributed by atoms with E-state index in [9.17, 15) is 22.0 Å². The Balaban J connectivity index is 1.47. The number of hydrogen-bond donors (Lipinski definition) is 0. The van der Waals surface area contributed by atoms with Gasteiger partial charge in [0, 0.05) is 18.7 Å². The van der Waals surface area contributed by atoms with Gasteiger partial charge >= 0.3 is 5.97 Å². The number of carbonyl (C=O) groups is 1. The van der Waals surface area contributed by atoms with Crippen LogP contribution in [0.3, 0.4) is 0 Å². The number of aromatic nitrogens is 2. The molecule has 0 atom stereocenters. The normalized spacial score (nSPS) is 14.9. The summed E-state index contributed by atoms with van der Waals surface area (Å²) in [5.41, 5.74) is -0.0580. The second-order valence-electron chi connectivity index (χ2n) is 6.75. The van der Waals surface area contributed by atoms with E-state index in [-0.39, 0.29) is 42.9 Å². The molecule has 0 N–H and O–H groups in total. The second kappa shape index (κ2) is 9.10. The molecule has 0 spiro atoms. The van der Waals surface area contributed by atoms with E-state index < -0.39 is 39.8 Å². The van der Waals surface area contributed by atoms with Crippen molar-refractivity contribution in [2.24, 2.45) is 0 Å². The van der Waals surface area contributed by atoms with Gasteiger partial charge in [-0.15, -0.1) is 0 Å². The summed E-state index contributed by atoms with van der Waals surface area (Å²) in [4.78, 5) is 16.2. The molecule has 0 radical (unpaired) electrons. The van der Waals surface area contributed by atoms with E-state index >= 15 is 0 Å². The van der Waals surface area contributed by atoms with Gasteiger partial charge in [-0.05, 0) is 42.5 Å². The van der Waals surface area contributed by atoms with Crippen LogP contribution in [-0.2, 0) is 26.1 Å². The first kappa shape index (κ1) is 22.0. The van der Waals surface area contributed by atoms with E-state index in [2.05, 4.69) is 10.1 Å². The van der Waals surface area contributed by atoms with Crippen LogP contribution in [0.1, 0.15) is 16.2 Å². The molecule has 4 rings (SSSR count). The van der Waals surface area contributed by atoms with Crippen LogP contribution >= 0.6 is 0 Å². The summed E-state index contributed by atoms with van der Waals surface area (Å²) in [6.45, 7) is 0.353. The van der Waals surface area contributed by atoms with Gasteiger partial charge in [-0.3, -0.25) is 0 Å². The van der Waals surface area contributed by atoms with Crippen LogP contribution in [0, 0.1) is 11.6 Å². The number of carbonyl (C=O) groups excluding carboxylic acids is 1. The first-order valence-corrected chi connectivity index (χ1v) is 10.9. The minimum absolute atomic E-state index is 0.0739. The smallest absolute Gasteiger partial charge is 0.341 e. The second-order valence-corrected chi connectivity index (χ2v) is 8.69. The van der Waals surface area contributed by atoms with Crippen molar-refractivity contribution < 1.29 is 36.0 Å². The molecule has 1 aromatic heterocycles. The lowest BCUT2D eigenvalue weighted by Gasteiger charge is -2.26. The summed E-state index contributed by atoms with van der Waals surface area (Å²) in [7, 11) is -3.92. The Hall–Kier alpha value is -3.22. The minimum atomic E-state index is -3.92. The molecule has 1 aliphatic rings. The van der Waals surface area contributed by atoms with Crippen molar-refractivity contribution >= 4 is 16.0 Å². The van der Waals surface area contributed by atoms with Gasteiger partial charge in [0.15, 0.2) is 6.61 Å². The standard InChI is InChI=1S/C20H17F2N3O6S/c21-14-3-1-13(2-4-14)19-23-18(31-24-19)12-30-20(26)16-11-15(5-6-17(16)22)32(27,28)25-7-9-29-10-8-25/h1-6,11H,7-10,12H2. The van der Waals surface area contributed by atoms with Gasteiger partial charge in [0.2, 0.25) is 15.8 Å². The van der Waals surface area contributed by atoms with E-state index in [1.54, 1.807) is 0 Å². The molecule has 2 aromatic carbocycles. The van der Waals surface area contributed by atoms with Crippen molar-refractivity contribution in [1.82, 2.24) is 14.4 Å². The summed E-state index contributed by atoms with van der Waals surface area (Å²) >= 11 is 0. The van der Waals surface area contributed by atoms with Crippen molar-refractivity contribution in [3.8, 4) is 11.4 Å². The van der Waals surface area contributed by atoms with Crippen LogP contribution in [0.15, 0.2) is 51.9 Å². The highest BCUT2D eigenvalue weighted by atomic mass is 32.2. The quantitative estimate of drug-likeness (QED) is 0.510. The molecule has 0 saturated carbocycles. The van der Waals surface area contributed by atoms with E-state index in [0.29, 0.717) is 5.56 Å². The van der Waals surface area contributed by atoms with Crippen LogP contribution < -0.4 is 0 Å². The maximum atomic E-state index is 14.2. The highest BCUT2D eigenvalue weighted by Crippen LogP contribution is 2.22. The maximum absolute atomic E-state index is 14.2. The Labute approximate surface area is 181 Å². The Morgan fingerprint density at radius 2 is 1.81 bits per heavy atom. The predicted octanol–water partition coefficient (Wildman–Crippen LogP) is 2.39. The molecule has 168 valence electrons. The molecule has 0 aliphatic carbocycles. The predicted molar refractivity (Wildman–Crippen MR) is 105 cm³/mol. The molecular weight excluding hydrogens is 448 g/mol. The van der Waals surface area contributed by atoms with Crippen LogP contribution in [-0.4, -0.2) is 55.1 Å². The number of hydrogen-bond acceptors (Lipinski definition) is 8. The largest absolute Gasteiger partial charge is 0.452 e. The van der Waals surface area contributed by atoms with E-state index in [4.69, 9.17) is 14.0 Å². The molecule has 9 nitrogen and oxygen atoms in total. The Kier molecular flexibility index (Phi) is 6.26. The zero-order chi connectivity index (χ0) is 22.7. The molecule has 0 bridgehead atoms. The van der Waals surface area contributed by atoms with Gasteiger partial charge in [-0.25, -0.2) is 22.0 Å². The summed E-state index contributed by atoms with van der Waals surface area (Å²) in [6, 6.07) is 8.27. The van der Waals surface area contributed by atoms with Crippen molar-refractivity contribution in [3.05, 3.63) is 65.6 Å². The van der Waals surface area contributed by atoms with Gasteiger partial charge in [-0.2, -0.15) is 9.29 Å². The number of ether oxygens (including phenoxy) is 2. The lowest BCUT2D eigenvalue weighted by atomic mass is 10.2. The Bertz CT molecular complexity index is 1220. The molecule has 0 amide bonds. The van der Waals surface area contributed by atoms with E-state index in [0.717, 1.165) is 18.2 Å². The van der Waals surface area contributed by atoms with Gasteiger partial charge in [0.25, 0.3) is 5.89 Å². The fourth-order valence-corrected chi connectivity index (χ4v) is 4.43. The molecule has 2 heterocycles. The first-order valence-electron chi connectivity index (χ1n) is 9.48. The fraction of sp³-hybridized carbons (Fsp3) is 0.250. The monoisotopic (exact) mass is 465 g/mol. The van der Waals surface area contributed by atoms with Crippen LogP contribution in [0.2, 0.25) is 0 Å². The van der Waals surface area contributed by atoms with Gasteiger partial charge in [-0.1, -0.05) is 5.16 Å². The first-order chi connectivity index (χ1) is 15.3. The number of rotatable bonds is 6. The number of morpholine rings is 1. The molecule has 1 saturated heterocycles. The third kappa shape index (κ3) is 4.66. The van der Waals surface area contributed by atoms with Crippen molar-refractivity contribution in [3.63, 3.8) is 0 Å². The highest BCUT2D eigenvalue weighted by molar-refractivity contribution is 7.89. The molecule has 0 unspecified atom stereocenters. The van der Waals surface area contributed by atoms with Crippen molar-refractivity contribution in [2.75, 3.05) is 26.3 Å². The van der Waals surface area contributed by atoms with E-state index in [1.807, 2.05) is 0 Å². The van der Waals surface area contributed by atoms with Gasteiger partial charge < -0.3 is 14.0 Å². The summed E-state index contributed by atoms with van der Waals surface area (Å²) < 4.78 is 69.1. The average Bonchev–Trinajstić information content (AvgIpc) is 3.28. The van der Waals surface area contributed by atoms with Crippen LogP contribution in [0.25, 0.3) is 11.4 Å². The summed E-state index contributed by atoms with van der Waals surface area (Å²) in [6.07, 6.45) is 0. The average molecular weight is 465 g/mol. The zero-order valence-corrected chi connectivity index (χ0v) is 17.3. The lowest BCUT2D eigenvalue weighted by molar-refractivity contribution is 0.0424. The molecule has 3 aromatic rings. The minimum Gasteiger partial charge on any atom is -0.452 e. The molecule has 32 heavy (non-hydrogen) atoms. The third-order valence-electron chi connectivity index (χ3n) is 4.66. The molecule has 1 aliphatic heterocycles. The van der Waals surface area contributed by atoms with E-state index in [1.165, 1.54) is 28.6 Å². The van der Waals surface area contributed by atoms with Gasteiger partial charge in [0.1, 0.15) is 11.6 Å². The Morgan fingerprint density at radius 3 is 2.53 bits per heavy atom. The lowest BCUT2D eigenvalue weighted by Crippen LogP contribution is -2.40. The fourth-order valence-electron chi connectivity index (χ4n) is 2.99. The SMILES string of the molecule is O=C(OCc1nc(-c2ccc(F)cc2)no1)c1cc(S(=O)(=O)N2CCOCC2)ccc1F. The Morgan fingerprint density at radius 1 is 1.09 bits per heavy atom. The topological polar surface area (TPSA) is 112 Å². The van der Waals surface area contributed by atoms with Gasteiger partial charge in [0.05, 0.1) is 23.7 Å². The third-order valence-corrected chi connectivity index (χ3v) is 6.56. The summed E-state index contributed by atoms with van der Waals surface area (Å²) in [5.74, 6) is -2.38. The summed E-state index contributed by atoms with van der Waals surface area (Å²) in [5, 5.41) is 3.71. The van der Waals surface area contributed by atoms with Crippen molar-refractivity contribution in [1.29, 1.82) is 0 Å². The zero-order valence-electron chi connectivity index (χ0n) is 16.5. The highest BCUT2D eigenvalue weighted by Gasteiger charge is 2.28. The number of benzene rings is 2. The van der Waals surface area contributed by atoms with Crippen LogP contribution in [0.5, 0.6) is 0 Å². The van der Waals surface area contributed by atoms with Crippen molar-refractivity contribution in [2.45, 2.75) is 11.5 Å². The molecular formula is C20H17F2N3O6S. The number of esters is 1. The molecule has 1 fully saturated rings. The van der Waals surface area contributed by atoms with Crippen LogP contribution in [0.4, 0.5) is 8.78 Å².